The van der Waals surface area contributed by atoms with Gasteiger partial charge in [-0.1, -0.05) is 34.9 Å². The molecule has 7 nitrogen and oxygen atoms in total. The first-order chi connectivity index (χ1) is 15.1. The minimum Gasteiger partial charge on any atom is -0.329 e. The maximum absolute atomic E-state index is 12.8. The van der Waals surface area contributed by atoms with Crippen molar-refractivity contribution in [3.05, 3.63) is 64.3 Å². The minimum absolute atomic E-state index is 0.0480. The Kier molecular flexibility index (Phi) is 4.52. The van der Waals surface area contributed by atoms with Gasteiger partial charge in [-0.25, -0.2) is 4.79 Å². The van der Waals surface area contributed by atoms with E-state index in [-0.39, 0.29) is 27.7 Å². The van der Waals surface area contributed by atoms with E-state index in [4.69, 9.17) is 16.4 Å². The number of hydrogen-bond donors (Lipinski definition) is 0. The van der Waals surface area contributed by atoms with Crippen LogP contribution in [0, 0.1) is 5.92 Å². The average molecular weight is 464 g/mol. The monoisotopic (exact) mass is 463 g/mol. The molecule has 1 aromatic heterocycles. The van der Waals surface area contributed by atoms with Crippen molar-refractivity contribution < 1.29 is 32.4 Å². The summed E-state index contributed by atoms with van der Waals surface area (Å²) in [5, 5.41) is 4.51. The molecule has 2 aliphatic rings. The highest BCUT2D eigenvalue weighted by atomic mass is 35.5. The Morgan fingerprint density at radius 3 is 2.41 bits per heavy atom. The van der Waals surface area contributed by atoms with Crippen molar-refractivity contribution in [2.24, 2.45) is 5.92 Å². The summed E-state index contributed by atoms with van der Waals surface area (Å²) in [6.07, 6.45) is -4.11. The lowest BCUT2D eigenvalue weighted by Crippen LogP contribution is -2.33. The molecule has 0 N–H and O–H groups in total. The van der Waals surface area contributed by atoms with Crippen LogP contribution >= 0.6 is 11.6 Å². The molecule has 2 amide bonds. The number of hydrogen-bond acceptors (Lipinski definition) is 5. The van der Waals surface area contributed by atoms with Gasteiger partial charge < -0.3 is 4.84 Å². The molecule has 2 heterocycles. The number of fused-ring (bicyclic) bond motifs is 2. The highest BCUT2D eigenvalue weighted by Crippen LogP contribution is 2.49. The Morgan fingerprint density at radius 2 is 1.78 bits per heavy atom. The van der Waals surface area contributed by atoms with Gasteiger partial charge in [0.15, 0.2) is 5.15 Å². The summed E-state index contributed by atoms with van der Waals surface area (Å²) in [6.45, 7) is -1.30. The molecule has 32 heavy (non-hydrogen) atoms. The number of amides is 2. The lowest BCUT2D eigenvalue weighted by Gasteiger charge is -2.12. The molecule has 1 fully saturated rings. The number of nitrogens with zero attached hydrogens (tertiary/aromatic N) is 3. The molecule has 0 radical (unpaired) electrons. The van der Waals surface area contributed by atoms with Crippen LogP contribution in [0.25, 0.3) is 10.9 Å². The smallest absolute Gasteiger partial charge is 0.329 e. The van der Waals surface area contributed by atoms with Crippen LogP contribution in [-0.2, 0) is 16.2 Å². The number of hydroxylamine groups is 2. The molecule has 2 atom stereocenters. The average Bonchev–Trinajstić information content (AvgIpc) is 3.45. The molecule has 164 valence electrons. The van der Waals surface area contributed by atoms with Crippen molar-refractivity contribution >= 4 is 40.3 Å². The molecule has 0 unspecified atom stereocenters. The second-order valence-electron chi connectivity index (χ2n) is 7.65. The normalized spacial score (nSPS) is 20.1. The first-order valence-corrected chi connectivity index (χ1v) is 9.94. The fourth-order valence-corrected chi connectivity index (χ4v) is 4.15. The number of aromatic nitrogens is 2. The van der Waals surface area contributed by atoms with Gasteiger partial charge in [0.25, 0.3) is 11.8 Å². The quantitative estimate of drug-likeness (QED) is 0.544. The molecule has 0 bridgehead atoms. The van der Waals surface area contributed by atoms with Crippen LogP contribution in [0.1, 0.15) is 38.6 Å². The zero-order valence-electron chi connectivity index (χ0n) is 16.1. The zero-order valence-corrected chi connectivity index (χ0v) is 16.9. The topological polar surface area (TPSA) is 81.5 Å². The SMILES string of the molecule is O=C(ON1C(=O)c2ccccc2C1=O)[C@H]1C[C@@H]1c1ccc2c(Cl)nn(CC(F)(F)F)c2c1. The Hall–Kier alpha value is -3.40. The van der Waals surface area contributed by atoms with Crippen LogP contribution in [0.15, 0.2) is 42.5 Å². The van der Waals surface area contributed by atoms with Crippen LogP contribution < -0.4 is 0 Å². The lowest BCUT2D eigenvalue weighted by molar-refractivity contribution is -0.170. The van der Waals surface area contributed by atoms with Gasteiger partial charge in [-0.2, -0.15) is 18.3 Å². The summed E-state index contributed by atoms with van der Waals surface area (Å²) in [5.74, 6) is -3.15. The summed E-state index contributed by atoms with van der Waals surface area (Å²) in [4.78, 5) is 42.3. The van der Waals surface area contributed by atoms with E-state index in [2.05, 4.69) is 5.10 Å². The molecule has 3 aromatic rings. The predicted molar refractivity (Wildman–Crippen MR) is 105 cm³/mol. The third-order valence-corrected chi connectivity index (χ3v) is 5.80. The van der Waals surface area contributed by atoms with Crippen LogP contribution in [0.4, 0.5) is 13.2 Å². The second kappa shape index (κ2) is 7.06. The Balaban J connectivity index is 1.33. The molecule has 1 saturated carbocycles. The summed E-state index contributed by atoms with van der Waals surface area (Å²) >= 11 is 5.95. The van der Waals surface area contributed by atoms with E-state index in [9.17, 15) is 27.6 Å². The predicted octanol–water partition coefficient (Wildman–Crippen LogP) is 4.11. The van der Waals surface area contributed by atoms with E-state index in [1.807, 2.05) is 0 Å². The number of carbonyl (C=O) groups is 3. The maximum atomic E-state index is 12.8. The van der Waals surface area contributed by atoms with E-state index in [1.54, 1.807) is 24.3 Å². The van der Waals surface area contributed by atoms with E-state index >= 15 is 0 Å². The maximum Gasteiger partial charge on any atom is 0.408 e. The van der Waals surface area contributed by atoms with E-state index in [1.165, 1.54) is 18.2 Å². The molecule has 0 saturated heterocycles. The molecule has 1 aliphatic carbocycles. The summed E-state index contributed by atoms with van der Waals surface area (Å²) < 4.78 is 39.3. The highest BCUT2D eigenvalue weighted by Gasteiger charge is 2.48. The van der Waals surface area contributed by atoms with Crippen molar-refractivity contribution in [3.63, 3.8) is 0 Å². The Bertz CT molecular complexity index is 1270. The molecule has 1 aliphatic heterocycles. The Morgan fingerprint density at radius 1 is 1.12 bits per heavy atom. The third-order valence-electron chi connectivity index (χ3n) is 5.52. The first kappa shape index (κ1) is 20.5. The second-order valence-corrected chi connectivity index (χ2v) is 8.01. The van der Waals surface area contributed by atoms with Gasteiger partial charge in [-0.3, -0.25) is 14.3 Å². The number of imide groups is 1. The van der Waals surface area contributed by atoms with Crippen molar-refractivity contribution in [1.29, 1.82) is 0 Å². The van der Waals surface area contributed by atoms with Crippen molar-refractivity contribution in [2.45, 2.75) is 25.1 Å². The van der Waals surface area contributed by atoms with Gasteiger partial charge >= 0.3 is 12.1 Å². The first-order valence-electron chi connectivity index (χ1n) is 9.56. The summed E-state index contributed by atoms with van der Waals surface area (Å²) in [5.41, 5.74) is 1.11. The van der Waals surface area contributed by atoms with Gasteiger partial charge in [0.2, 0.25) is 0 Å². The lowest BCUT2D eigenvalue weighted by atomic mass is 10.1. The number of rotatable bonds is 4. The highest BCUT2D eigenvalue weighted by molar-refractivity contribution is 6.34. The summed E-state index contributed by atoms with van der Waals surface area (Å²) in [6, 6.07) is 10.9. The van der Waals surface area contributed by atoms with Gasteiger partial charge in [0, 0.05) is 5.39 Å². The van der Waals surface area contributed by atoms with Gasteiger partial charge in [0.05, 0.1) is 22.6 Å². The molecular weight excluding hydrogens is 451 g/mol. The molecule has 11 heteroatoms. The largest absolute Gasteiger partial charge is 0.408 e. The number of benzene rings is 2. The number of halogens is 4. The van der Waals surface area contributed by atoms with Crippen molar-refractivity contribution in [1.82, 2.24) is 14.8 Å². The van der Waals surface area contributed by atoms with Crippen LogP contribution in [0.5, 0.6) is 0 Å². The summed E-state index contributed by atoms with van der Waals surface area (Å²) in [7, 11) is 0. The third kappa shape index (κ3) is 3.40. The van der Waals surface area contributed by atoms with E-state index in [0.29, 0.717) is 22.4 Å². The van der Waals surface area contributed by atoms with Crippen molar-refractivity contribution in [3.8, 4) is 0 Å². The standard InChI is InChI=1S/C21H13ClF3N3O4/c22-17-13-6-5-10(7-16(13)27(26-17)9-21(23,24)25)14-8-15(14)20(31)32-28-18(29)11-3-1-2-4-12(11)19(28)30/h1-7,14-15H,8-9H2/t14-,15+/m1/s1. The number of carbonyl (C=O) groups excluding carboxylic acids is 3. The molecular formula is C21H13ClF3N3O4. The number of alkyl halides is 3. The minimum atomic E-state index is -4.48. The van der Waals surface area contributed by atoms with Crippen LogP contribution in [0.3, 0.4) is 0 Å². The van der Waals surface area contributed by atoms with Crippen LogP contribution in [-0.4, -0.2) is 38.8 Å². The molecule has 2 aromatic carbocycles. The molecule has 0 spiro atoms. The fourth-order valence-electron chi connectivity index (χ4n) is 3.90. The Labute approximate surface area is 183 Å². The van der Waals surface area contributed by atoms with Gasteiger partial charge in [-0.15, -0.1) is 0 Å². The van der Waals surface area contributed by atoms with E-state index in [0.717, 1.165) is 4.68 Å². The fraction of sp³-hybridized carbons (Fsp3) is 0.238. The van der Waals surface area contributed by atoms with Crippen molar-refractivity contribution in [2.75, 3.05) is 0 Å². The van der Waals surface area contributed by atoms with Gasteiger partial charge in [0.1, 0.15) is 6.54 Å². The van der Waals surface area contributed by atoms with E-state index < -0.39 is 36.4 Å². The zero-order chi connectivity index (χ0) is 22.8. The van der Waals surface area contributed by atoms with Gasteiger partial charge in [-0.05, 0) is 42.2 Å². The van der Waals surface area contributed by atoms with Crippen LogP contribution in [0.2, 0.25) is 5.15 Å². The molecule has 5 rings (SSSR count).